The summed E-state index contributed by atoms with van der Waals surface area (Å²) in [4.78, 5) is 2.10. The van der Waals surface area contributed by atoms with Gasteiger partial charge in [-0.25, -0.2) is 0 Å². The Labute approximate surface area is 87.7 Å². The highest BCUT2D eigenvalue weighted by Gasteiger charge is 2.05. The molecule has 0 aromatic carbocycles. The van der Waals surface area contributed by atoms with Crippen LogP contribution in [0.2, 0.25) is 0 Å². The first-order chi connectivity index (χ1) is 5.93. The van der Waals surface area contributed by atoms with E-state index in [1.54, 1.807) is 0 Å². The molecule has 3 heteroatoms. The van der Waals surface area contributed by atoms with E-state index in [-0.39, 0.29) is 0 Å². The molecule has 0 rings (SSSR count). The maximum absolute atomic E-state index is 5.23. The van der Waals surface area contributed by atoms with E-state index in [0.717, 1.165) is 18.2 Å². The molecule has 1 N–H and O–H groups in total. The van der Waals surface area contributed by atoms with E-state index in [1.165, 1.54) is 0 Å². The summed E-state index contributed by atoms with van der Waals surface area (Å²) in [5.41, 5.74) is 0. The van der Waals surface area contributed by atoms with Gasteiger partial charge in [0.05, 0.1) is 0 Å². The molecule has 0 spiro atoms. The highest BCUT2D eigenvalue weighted by atomic mass is 32.1. The van der Waals surface area contributed by atoms with E-state index in [9.17, 15) is 0 Å². The van der Waals surface area contributed by atoms with Crippen LogP contribution in [0.25, 0.3) is 0 Å². The Morgan fingerprint density at radius 1 is 1.23 bits per heavy atom. The highest BCUT2D eigenvalue weighted by molar-refractivity contribution is 7.80. The first-order valence-electron chi connectivity index (χ1n) is 4.92. The van der Waals surface area contributed by atoms with Gasteiger partial charge in [0.15, 0.2) is 5.11 Å². The second-order valence-electron chi connectivity index (χ2n) is 4.35. The van der Waals surface area contributed by atoms with Crippen molar-refractivity contribution in [3.8, 4) is 0 Å². The minimum absolute atomic E-state index is 0.644. The van der Waals surface area contributed by atoms with Crippen LogP contribution in [-0.4, -0.2) is 30.1 Å². The van der Waals surface area contributed by atoms with Crippen molar-refractivity contribution in [1.82, 2.24) is 10.2 Å². The zero-order valence-electron chi connectivity index (χ0n) is 9.42. The predicted molar refractivity (Wildman–Crippen MR) is 62.9 cm³/mol. The quantitative estimate of drug-likeness (QED) is 0.703. The number of nitrogens with zero attached hydrogens (tertiary/aromatic N) is 1. The van der Waals surface area contributed by atoms with Crippen LogP contribution in [0.1, 0.15) is 27.7 Å². The molecule has 78 valence electrons. The topological polar surface area (TPSA) is 15.3 Å². The lowest BCUT2D eigenvalue weighted by molar-refractivity contribution is 0.415. The number of nitrogens with one attached hydrogen (secondary N) is 1. The van der Waals surface area contributed by atoms with Gasteiger partial charge in [-0.2, -0.15) is 0 Å². The van der Waals surface area contributed by atoms with Crippen molar-refractivity contribution in [3.05, 3.63) is 0 Å². The van der Waals surface area contributed by atoms with Crippen LogP contribution in [0.4, 0.5) is 0 Å². The van der Waals surface area contributed by atoms with Gasteiger partial charge in [-0.3, -0.25) is 0 Å². The number of rotatable bonds is 4. The van der Waals surface area contributed by atoms with Crippen molar-refractivity contribution in [2.75, 3.05) is 20.1 Å². The molecule has 0 fully saturated rings. The van der Waals surface area contributed by atoms with Crippen LogP contribution in [0.5, 0.6) is 0 Å². The fourth-order valence-corrected chi connectivity index (χ4v) is 1.21. The molecule has 0 aromatic heterocycles. The zero-order chi connectivity index (χ0) is 10.4. The molecular formula is C10H22N2S. The van der Waals surface area contributed by atoms with Crippen molar-refractivity contribution in [3.63, 3.8) is 0 Å². The molecule has 13 heavy (non-hydrogen) atoms. The molecule has 0 radical (unpaired) electrons. The Hall–Kier alpha value is -0.310. The van der Waals surface area contributed by atoms with Crippen LogP contribution < -0.4 is 5.32 Å². The van der Waals surface area contributed by atoms with Gasteiger partial charge in [-0.1, -0.05) is 27.7 Å². The molecule has 2 nitrogen and oxygen atoms in total. The average molecular weight is 202 g/mol. The Balaban J connectivity index is 3.69. The summed E-state index contributed by atoms with van der Waals surface area (Å²) in [5, 5.41) is 4.11. The molecule has 0 heterocycles. The first kappa shape index (κ1) is 12.7. The summed E-state index contributed by atoms with van der Waals surface area (Å²) < 4.78 is 0. The number of hydrogen-bond donors (Lipinski definition) is 1. The third-order valence-electron chi connectivity index (χ3n) is 1.65. The minimum Gasteiger partial charge on any atom is -0.362 e. The lowest BCUT2D eigenvalue weighted by atomic mass is 10.2. The summed E-state index contributed by atoms with van der Waals surface area (Å²) in [6.45, 7) is 10.7. The molecule has 0 atom stereocenters. The van der Waals surface area contributed by atoms with E-state index in [4.69, 9.17) is 12.2 Å². The number of thiocarbonyl (C=S) groups is 1. The maximum Gasteiger partial charge on any atom is 0.168 e. The molecule has 0 amide bonds. The van der Waals surface area contributed by atoms with Gasteiger partial charge >= 0.3 is 0 Å². The summed E-state index contributed by atoms with van der Waals surface area (Å²) in [6, 6.07) is 0. The van der Waals surface area contributed by atoms with Gasteiger partial charge < -0.3 is 10.2 Å². The summed E-state index contributed by atoms with van der Waals surface area (Å²) in [6.07, 6.45) is 0. The molecular weight excluding hydrogens is 180 g/mol. The predicted octanol–water partition coefficient (Wildman–Crippen LogP) is 2.10. The molecule has 0 aromatic rings. The van der Waals surface area contributed by atoms with Crippen LogP contribution in [-0.2, 0) is 0 Å². The fraction of sp³-hybridized carbons (Fsp3) is 0.900. The standard InChI is InChI=1S/C10H22N2S/c1-8(2)6-11-10(13)12(5)7-9(3)4/h8-9H,6-7H2,1-5H3,(H,11,13). The second kappa shape index (κ2) is 6.19. The van der Waals surface area contributed by atoms with E-state index in [0.29, 0.717) is 11.8 Å². The molecule has 0 aliphatic carbocycles. The third-order valence-corrected chi connectivity index (χ3v) is 2.10. The third kappa shape index (κ3) is 6.82. The van der Waals surface area contributed by atoms with E-state index < -0.39 is 0 Å². The van der Waals surface area contributed by atoms with Gasteiger partial charge in [-0.05, 0) is 24.1 Å². The van der Waals surface area contributed by atoms with Crippen LogP contribution in [0.3, 0.4) is 0 Å². The molecule has 0 aliphatic heterocycles. The monoisotopic (exact) mass is 202 g/mol. The second-order valence-corrected chi connectivity index (χ2v) is 4.74. The summed E-state index contributed by atoms with van der Waals surface area (Å²) >= 11 is 5.23. The summed E-state index contributed by atoms with van der Waals surface area (Å²) in [5.74, 6) is 1.30. The van der Waals surface area contributed by atoms with Gasteiger partial charge in [0, 0.05) is 20.1 Å². The van der Waals surface area contributed by atoms with Crippen molar-refractivity contribution in [1.29, 1.82) is 0 Å². The lowest BCUT2D eigenvalue weighted by Crippen LogP contribution is -2.40. The van der Waals surface area contributed by atoms with Crippen LogP contribution in [0.15, 0.2) is 0 Å². The van der Waals surface area contributed by atoms with Crippen LogP contribution >= 0.6 is 12.2 Å². The fourth-order valence-electron chi connectivity index (χ4n) is 1.06. The van der Waals surface area contributed by atoms with E-state index >= 15 is 0 Å². The van der Waals surface area contributed by atoms with E-state index in [1.807, 2.05) is 7.05 Å². The Morgan fingerprint density at radius 2 is 1.77 bits per heavy atom. The SMILES string of the molecule is CC(C)CNC(=S)N(C)CC(C)C. The maximum atomic E-state index is 5.23. The first-order valence-corrected chi connectivity index (χ1v) is 5.33. The number of hydrogen-bond acceptors (Lipinski definition) is 1. The van der Waals surface area contributed by atoms with Crippen molar-refractivity contribution >= 4 is 17.3 Å². The average Bonchev–Trinajstić information content (AvgIpc) is 1.98. The molecule has 0 unspecified atom stereocenters. The molecule has 0 aliphatic rings. The Morgan fingerprint density at radius 3 is 2.15 bits per heavy atom. The van der Waals surface area contributed by atoms with Gasteiger partial charge in [-0.15, -0.1) is 0 Å². The van der Waals surface area contributed by atoms with Crippen LogP contribution in [0, 0.1) is 11.8 Å². The van der Waals surface area contributed by atoms with Crippen molar-refractivity contribution < 1.29 is 0 Å². The Bertz CT molecular complexity index is 155. The van der Waals surface area contributed by atoms with Crippen molar-refractivity contribution in [2.24, 2.45) is 11.8 Å². The summed E-state index contributed by atoms with van der Waals surface area (Å²) in [7, 11) is 2.04. The van der Waals surface area contributed by atoms with Gasteiger partial charge in [0.2, 0.25) is 0 Å². The largest absolute Gasteiger partial charge is 0.362 e. The molecule has 0 saturated heterocycles. The lowest BCUT2D eigenvalue weighted by Gasteiger charge is -2.23. The normalized spacial score (nSPS) is 10.7. The van der Waals surface area contributed by atoms with Gasteiger partial charge in [0.25, 0.3) is 0 Å². The van der Waals surface area contributed by atoms with E-state index in [2.05, 4.69) is 37.9 Å². The smallest absolute Gasteiger partial charge is 0.168 e. The molecule has 0 bridgehead atoms. The Kier molecular flexibility index (Phi) is 6.04. The highest BCUT2D eigenvalue weighted by Crippen LogP contribution is 1.96. The minimum atomic E-state index is 0.644. The molecule has 0 saturated carbocycles. The zero-order valence-corrected chi connectivity index (χ0v) is 10.2. The van der Waals surface area contributed by atoms with Gasteiger partial charge in [0.1, 0.15) is 0 Å². The van der Waals surface area contributed by atoms with Crippen molar-refractivity contribution in [2.45, 2.75) is 27.7 Å².